The predicted octanol–water partition coefficient (Wildman–Crippen LogP) is 3.45. The molecule has 1 rings (SSSR count). The van der Waals surface area contributed by atoms with Crippen molar-refractivity contribution < 1.29 is 0 Å². The fraction of sp³-hybridized carbons (Fsp3) is 0.333. The molecule has 0 unspecified atom stereocenters. The van der Waals surface area contributed by atoms with Crippen LogP contribution in [0.25, 0.3) is 0 Å². The van der Waals surface area contributed by atoms with Crippen LogP contribution in [0.2, 0.25) is 10.0 Å². The Balaban J connectivity index is 2.27. The van der Waals surface area contributed by atoms with E-state index in [1.165, 1.54) is 0 Å². The Bertz CT molecular complexity index is 374. The normalized spacial score (nSPS) is 10.1. The van der Waals surface area contributed by atoms with Crippen molar-refractivity contribution in [2.24, 2.45) is 0 Å². The van der Waals surface area contributed by atoms with Crippen molar-refractivity contribution >= 4 is 35.0 Å². The van der Waals surface area contributed by atoms with Crippen LogP contribution in [0, 0.1) is 12.3 Å². The average Bonchev–Trinajstić information content (AvgIpc) is 2.28. The van der Waals surface area contributed by atoms with Crippen LogP contribution in [-0.4, -0.2) is 18.1 Å². The van der Waals surface area contributed by atoms with Gasteiger partial charge in [-0.05, 0) is 23.8 Å². The Morgan fingerprint density at radius 3 is 2.94 bits per heavy atom. The van der Waals surface area contributed by atoms with E-state index in [9.17, 15) is 0 Å². The van der Waals surface area contributed by atoms with Crippen molar-refractivity contribution in [2.45, 2.75) is 6.54 Å². The number of thioether (sulfide) groups is 1. The molecular formula is C12H13Cl2NS. The summed E-state index contributed by atoms with van der Waals surface area (Å²) in [5, 5.41) is 4.75. The van der Waals surface area contributed by atoms with Gasteiger partial charge in [-0.25, -0.2) is 0 Å². The summed E-state index contributed by atoms with van der Waals surface area (Å²) < 4.78 is 0. The van der Waals surface area contributed by atoms with E-state index < -0.39 is 0 Å². The average molecular weight is 274 g/mol. The van der Waals surface area contributed by atoms with Gasteiger partial charge in [-0.3, -0.25) is 0 Å². The van der Waals surface area contributed by atoms with Crippen LogP contribution >= 0.6 is 35.0 Å². The predicted molar refractivity (Wildman–Crippen MR) is 74.3 cm³/mol. The molecule has 0 fully saturated rings. The lowest BCUT2D eigenvalue weighted by atomic mass is 10.2. The maximum atomic E-state index is 6.03. The quantitative estimate of drug-likeness (QED) is 0.630. The van der Waals surface area contributed by atoms with Gasteiger partial charge in [-0.1, -0.05) is 29.1 Å². The van der Waals surface area contributed by atoms with Gasteiger partial charge in [-0.15, -0.1) is 18.2 Å². The SMILES string of the molecule is C#CCSCCNCc1cc(Cl)ccc1Cl. The van der Waals surface area contributed by atoms with Crippen LogP contribution < -0.4 is 5.32 Å². The summed E-state index contributed by atoms with van der Waals surface area (Å²) in [6.45, 7) is 1.64. The van der Waals surface area contributed by atoms with E-state index in [1.54, 1.807) is 17.8 Å². The lowest BCUT2D eigenvalue weighted by Crippen LogP contribution is -2.16. The van der Waals surface area contributed by atoms with Crippen LogP contribution in [-0.2, 0) is 6.54 Å². The minimum Gasteiger partial charge on any atom is -0.312 e. The van der Waals surface area contributed by atoms with E-state index in [-0.39, 0.29) is 0 Å². The summed E-state index contributed by atoms with van der Waals surface area (Å²) in [5.74, 6) is 4.36. The number of rotatable bonds is 6. The van der Waals surface area contributed by atoms with Gasteiger partial charge >= 0.3 is 0 Å². The van der Waals surface area contributed by atoms with Gasteiger partial charge in [0.25, 0.3) is 0 Å². The third-order valence-electron chi connectivity index (χ3n) is 1.93. The molecule has 0 aromatic heterocycles. The van der Waals surface area contributed by atoms with Crippen molar-refractivity contribution in [2.75, 3.05) is 18.1 Å². The molecule has 0 saturated heterocycles. The van der Waals surface area contributed by atoms with E-state index in [4.69, 9.17) is 29.6 Å². The summed E-state index contributed by atoms with van der Waals surface area (Å²) >= 11 is 13.7. The topological polar surface area (TPSA) is 12.0 Å². The zero-order valence-electron chi connectivity index (χ0n) is 8.80. The fourth-order valence-electron chi connectivity index (χ4n) is 1.18. The van der Waals surface area contributed by atoms with Crippen LogP contribution in [0.1, 0.15) is 5.56 Å². The molecule has 1 N–H and O–H groups in total. The highest BCUT2D eigenvalue weighted by Crippen LogP contribution is 2.20. The first-order valence-electron chi connectivity index (χ1n) is 4.90. The maximum Gasteiger partial charge on any atom is 0.0545 e. The fourth-order valence-corrected chi connectivity index (χ4v) is 2.11. The smallest absolute Gasteiger partial charge is 0.0545 e. The zero-order valence-corrected chi connectivity index (χ0v) is 11.1. The first-order valence-corrected chi connectivity index (χ1v) is 6.81. The van der Waals surface area contributed by atoms with Crippen LogP contribution in [0.3, 0.4) is 0 Å². The van der Waals surface area contributed by atoms with E-state index in [1.807, 2.05) is 12.1 Å². The highest BCUT2D eigenvalue weighted by molar-refractivity contribution is 7.99. The number of hydrogen-bond acceptors (Lipinski definition) is 2. The molecule has 1 nitrogen and oxygen atoms in total. The summed E-state index contributed by atoms with van der Waals surface area (Å²) in [5.41, 5.74) is 1.02. The maximum absolute atomic E-state index is 6.03. The third kappa shape index (κ3) is 5.14. The van der Waals surface area contributed by atoms with E-state index >= 15 is 0 Å². The van der Waals surface area contributed by atoms with E-state index in [0.717, 1.165) is 35.2 Å². The van der Waals surface area contributed by atoms with Crippen LogP contribution in [0.4, 0.5) is 0 Å². The van der Waals surface area contributed by atoms with Crippen molar-refractivity contribution in [3.63, 3.8) is 0 Å². The van der Waals surface area contributed by atoms with Crippen LogP contribution in [0.15, 0.2) is 18.2 Å². The highest BCUT2D eigenvalue weighted by Gasteiger charge is 2.00. The zero-order chi connectivity index (χ0) is 11.8. The molecule has 4 heteroatoms. The second-order valence-electron chi connectivity index (χ2n) is 3.17. The Hall–Kier alpha value is -0.330. The van der Waals surface area contributed by atoms with Gasteiger partial charge in [0.2, 0.25) is 0 Å². The molecule has 0 aliphatic heterocycles. The first-order chi connectivity index (χ1) is 7.74. The molecule has 1 aromatic rings. The molecule has 0 bridgehead atoms. The van der Waals surface area contributed by atoms with E-state index in [0.29, 0.717) is 5.02 Å². The minimum absolute atomic E-state index is 0.711. The van der Waals surface area contributed by atoms with Crippen molar-refractivity contribution in [3.8, 4) is 12.3 Å². The molecule has 86 valence electrons. The highest BCUT2D eigenvalue weighted by atomic mass is 35.5. The molecule has 0 saturated carbocycles. The number of hydrogen-bond donors (Lipinski definition) is 1. The Kier molecular flexibility index (Phi) is 6.75. The molecule has 0 aliphatic rings. The number of nitrogens with one attached hydrogen (secondary N) is 1. The molecule has 0 spiro atoms. The lowest BCUT2D eigenvalue weighted by molar-refractivity contribution is 0.732. The first kappa shape index (κ1) is 13.7. The summed E-state index contributed by atoms with van der Waals surface area (Å²) in [6.07, 6.45) is 5.15. The van der Waals surface area contributed by atoms with Gasteiger partial charge in [0.1, 0.15) is 0 Å². The molecule has 0 radical (unpaired) electrons. The van der Waals surface area contributed by atoms with Gasteiger partial charge in [0.15, 0.2) is 0 Å². The monoisotopic (exact) mass is 273 g/mol. The third-order valence-corrected chi connectivity index (χ3v) is 3.40. The summed E-state index contributed by atoms with van der Waals surface area (Å²) in [7, 11) is 0. The van der Waals surface area contributed by atoms with Gasteiger partial charge < -0.3 is 5.32 Å². The summed E-state index contributed by atoms with van der Waals surface area (Å²) in [6, 6.07) is 5.48. The van der Waals surface area contributed by atoms with Gasteiger partial charge in [0, 0.05) is 28.9 Å². The Labute approximate surface area is 111 Å². The second kappa shape index (κ2) is 7.86. The van der Waals surface area contributed by atoms with Crippen molar-refractivity contribution in [1.29, 1.82) is 0 Å². The standard InChI is InChI=1S/C12H13Cl2NS/c1-2-6-16-7-5-15-9-10-8-11(13)3-4-12(10)14/h1,3-4,8,15H,5-7,9H2. The van der Waals surface area contributed by atoms with Gasteiger partial charge in [-0.2, -0.15) is 0 Å². The molecule has 16 heavy (non-hydrogen) atoms. The lowest BCUT2D eigenvalue weighted by Gasteiger charge is -2.06. The van der Waals surface area contributed by atoms with E-state index in [2.05, 4.69) is 11.2 Å². The Morgan fingerprint density at radius 1 is 1.38 bits per heavy atom. The number of terminal acetylenes is 1. The molecule has 0 heterocycles. The van der Waals surface area contributed by atoms with Crippen molar-refractivity contribution in [3.05, 3.63) is 33.8 Å². The number of halogens is 2. The van der Waals surface area contributed by atoms with Crippen molar-refractivity contribution in [1.82, 2.24) is 5.32 Å². The molecular weight excluding hydrogens is 261 g/mol. The molecule has 1 aromatic carbocycles. The molecule has 0 amide bonds. The number of benzene rings is 1. The largest absolute Gasteiger partial charge is 0.312 e. The van der Waals surface area contributed by atoms with Gasteiger partial charge in [0.05, 0.1) is 5.75 Å². The van der Waals surface area contributed by atoms with Crippen LogP contribution in [0.5, 0.6) is 0 Å². The minimum atomic E-state index is 0.711. The molecule has 0 atom stereocenters. The second-order valence-corrected chi connectivity index (χ2v) is 5.12. The Morgan fingerprint density at radius 2 is 2.19 bits per heavy atom. The summed E-state index contributed by atoms with van der Waals surface area (Å²) in [4.78, 5) is 0. The molecule has 0 aliphatic carbocycles.